The molecule has 1 aromatic carbocycles. The summed E-state index contributed by atoms with van der Waals surface area (Å²) in [5, 5.41) is 12.8. The van der Waals surface area contributed by atoms with Gasteiger partial charge in [-0.05, 0) is 43.4 Å². The van der Waals surface area contributed by atoms with E-state index in [2.05, 4.69) is 43.1 Å². The average molecular weight is 501 g/mol. The highest BCUT2D eigenvalue weighted by Crippen LogP contribution is 2.23. The van der Waals surface area contributed by atoms with Crippen molar-refractivity contribution < 1.29 is 14.3 Å². The van der Waals surface area contributed by atoms with Crippen molar-refractivity contribution >= 4 is 29.4 Å². The molecule has 11 heteroatoms. The molecule has 1 aliphatic rings. The summed E-state index contributed by atoms with van der Waals surface area (Å²) in [6, 6.07) is 8.10. The zero-order valence-corrected chi connectivity index (χ0v) is 21.2. The van der Waals surface area contributed by atoms with Gasteiger partial charge in [0.2, 0.25) is 23.8 Å². The van der Waals surface area contributed by atoms with E-state index in [1.54, 1.807) is 0 Å². The molecule has 0 aliphatic heterocycles. The summed E-state index contributed by atoms with van der Waals surface area (Å²) in [6.07, 6.45) is 5.95. The first kappa shape index (κ1) is 27.6. The number of hydrogen-bond donors (Lipinski definition) is 5. The smallest absolute Gasteiger partial charge is 0.233 e. The predicted molar refractivity (Wildman–Crippen MR) is 142 cm³/mol. The third-order valence-corrected chi connectivity index (χ3v) is 5.66. The summed E-state index contributed by atoms with van der Waals surface area (Å²) in [5.74, 6) is 1.56. The molecule has 0 saturated heterocycles. The van der Waals surface area contributed by atoms with E-state index in [9.17, 15) is 4.79 Å². The lowest BCUT2D eigenvalue weighted by Gasteiger charge is -2.26. The first-order valence-electron chi connectivity index (χ1n) is 12.9. The molecule has 11 nitrogen and oxygen atoms in total. The molecule has 0 spiro atoms. The summed E-state index contributed by atoms with van der Waals surface area (Å²) in [7, 11) is 0. The topological polar surface area (TPSA) is 148 Å². The molecule has 0 bridgehead atoms. The summed E-state index contributed by atoms with van der Waals surface area (Å²) >= 11 is 0. The Morgan fingerprint density at radius 2 is 1.69 bits per heavy atom. The standard InChI is InChI=1S/C25H40N8O3/c1-2-3-12-28-23-31-24(29-20-5-4-6-20)33-25(32-23)30-21-9-7-19(8-10-21)18-22(34)27-13-15-36-17-16-35-14-11-26/h7-10,20H,2-6,11-18,26H2,1H3,(H,27,34)(H3,28,29,30,31,32,33). The highest BCUT2D eigenvalue weighted by Gasteiger charge is 2.19. The Kier molecular flexibility index (Phi) is 12.2. The van der Waals surface area contributed by atoms with Gasteiger partial charge >= 0.3 is 0 Å². The lowest BCUT2D eigenvalue weighted by atomic mass is 9.93. The highest BCUT2D eigenvalue weighted by atomic mass is 16.5. The number of anilines is 4. The average Bonchev–Trinajstić information content (AvgIpc) is 2.84. The third kappa shape index (κ3) is 10.3. The second-order valence-electron chi connectivity index (χ2n) is 8.72. The van der Waals surface area contributed by atoms with E-state index in [1.807, 2.05) is 24.3 Å². The van der Waals surface area contributed by atoms with Gasteiger partial charge in [-0.1, -0.05) is 25.5 Å². The molecule has 0 atom stereocenters. The van der Waals surface area contributed by atoms with E-state index >= 15 is 0 Å². The van der Waals surface area contributed by atoms with Crippen molar-refractivity contribution in [2.75, 3.05) is 62.0 Å². The van der Waals surface area contributed by atoms with Crippen LogP contribution in [0.2, 0.25) is 0 Å². The highest BCUT2D eigenvalue weighted by molar-refractivity contribution is 5.78. The predicted octanol–water partition coefficient (Wildman–Crippen LogP) is 2.44. The zero-order valence-electron chi connectivity index (χ0n) is 21.2. The van der Waals surface area contributed by atoms with Gasteiger partial charge in [0.25, 0.3) is 0 Å². The normalized spacial score (nSPS) is 13.2. The van der Waals surface area contributed by atoms with Crippen molar-refractivity contribution in [3.63, 3.8) is 0 Å². The SMILES string of the molecule is CCCCNc1nc(Nc2ccc(CC(=O)NCCOCCOCCN)cc2)nc(NC2CCC2)n1. The van der Waals surface area contributed by atoms with E-state index in [0.29, 0.717) is 69.8 Å². The molecular formula is C25H40N8O3. The lowest BCUT2D eigenvalue weighted by molar-refractivity contribution is -0.120. The minimum Gasteiger partial charge on any atom is -0.378 e. The fourth-order valence-corrected chi connectivity index (χ4v) is 3.44. The molecule has 0 radical (unpaired) electrons. The number of carbonyl (C=O) groups excluding carboxylic acids is 1. The maximum Gasteiger partial charge on any atom is 0.233 e. The van der Waals surface area contributed by atoms with Gasteiger partial charge in [0.15, 0.2) is 0 Å². The Hall–Kier alpha value is -3.02. The van der Waals surface area contributed by atoms with Gasteiger partial charge in [-0.15, -0.1) is 0 Å². The van der Waals surface area contributed by atoms with Gasteiger partial charge < -0.3 is 36.5 Å². The lowest BCUT2D eigenvalue weighted by Crippen LogP contribution is -2.29. The van der Waals surface area contributed by atoms with Crippen LogP contribution in [0.5, 0.6) is 0 Å². The molecule has 1 saturated carbocycles. The summed E-state index contributed by atoms with van der Waals surface area (Å²) in [6.45, 7) is 5.89. The Balaban J connectivity index is 1.45. The van der Waals surface area contributed by atoms with Crippen LogP contribution in [0.3, 0.4) is 0 Å². The maximum absolute atomic E-state index is 12.2. The van der Waals surface area contributed by atoms with Crippen LogP contribution in [0.15, 0.2) is 24.3 Å². The minimum atomic E-state index is -0.0503. The fraction of sp³-hybridized carbons (Fsp3) is 0.600. The summed E-state index contributed by atoms with van der Waals surface area (Å²) in [5.41, 5.74) is 7.10. The number of hydrogen-bond acceptors (Lipinski definition) is 10. The van der Waals surface area contributed by atoms with Gasteiger partial charge in [-0.25, -0.2) is 0 Å². The van der Waals surface area contributed by atoms with Gasteiger partial charge in [0.05, 0.1) is 32.8 Å². The molecule has 0 unspecified atom stereocenters. The molecule has 1 heterocycles. The number of unbranched alkanes of at least 4 members (excludes halogenated alkanes) is 1. The molecule has 3 rings (SSSR count). The molecule has 36 heavy (non-hydrogen) atoms. The van der Waals surface area contributed by atoms with Crippen molar-refractivity contribution in [2.45, 2.75) is 51.5 Å². The van der Waals surface area contributed by atoms with Crippen molar-refractivity contribution in [2.24, 2.45) is 5.73 Å². The molecule has 1 fully saturated rings. The van der Waals surface area contributed by atoms with E-state index in [4.69, 9.17) is 15.2 Å². The van der Waals surface area contributed by atoms with Crippen LogP contribution in [0, 0.1) is 0 Å². The van der Waals surface area contributed by atoms with E-state index in [1.165, 1.54) is 6.42 Å². The molecule has 198 valence electrons. The van der Waals surface area contributed by atoms with Crippen molar-refractivity contribution in [1.29, 1.82) is 0 Å². The molecule has 1 amide bonds. The monoisotopic (exact) mass is 500 g/mol. The van der Waals surface area contributed by atoms with Crippen LogP contribution < -0.4 is 27.0 Å². The van der Waals surface area contributed by atoms with Crippen LogP contribution in [-0.2, 0) is 20.7 Å². The second kappa shape index (κ2) is 15.9. The van der Waals surface area contributed by atoms with Gasteiger partial charge in [-0.3, -0.25) is 4.79 Å². The number of ether oxygens (including phenoxy) is 2. The largest absolute Gasteiger partial charge is 0.378 e. The summed E-state index contributed by atoms with van der Waals surface area (Å²) in [4.78, 5) is 25.8. The first-order valence-corrected chi connectivity index (χ1v) is 12.9. The number of rotatable bonds is 18. The molecular weight excluding hydrogens is 460 g/mol. The fourth-order valence-electron chi connectivity index (χ4n) is 3.44. The molecule has 1 aromatic heterocycles. The number of aromatic nitrogens is 3. The molecule has 6 N–H and O–H groups in total. The first-order chi connectivity index (χ1) is 17.7. The van der Waals surface area contributed by atoms with Crippen LogP contribution >= 0.6 is 0 Å². The number of benzene rings is 1. The second-order valence-corrected chi connectivity index (χ2v) is 8.72. The number of nitrogens with two attached hydrogens (primary N) is 1. The van der Waals surface area contributed by atoms with Gasteiger partial charge in [0.1, 0.15) is 0 Å². The zero-order chi connectivity index (χ0) is 25.4. The van der Waals surface area contributed by atoms with Crippen LogP contribution in [-0.4, -0.2) is 73.0 Å². The Bertz CT molecular complexity index is 909. The Morgan fingerprint density at radius 1 is 0.972 bits per heavy atom. The minimum absolute atomic E-state index is 0.0503. The van der Waals surface area contributed by atoms with E-state index in [0.717, 1.165) is 43.5 Å². The Morgan fingerprint density at radius 3 is 2.39 bits per heavy atom. The van der Waals surface area contributed by atoms with Crippen molar-refractivity contribution in [3.8, 4) is 0 Å². The van der Waals surface area contributed by atoms with Gasteiger partial charge in [0, 0.05) is 31.4 Å². The number of carbonyl (C=O) groups is 1. The summed E-state index contributed by atoms with van der Waals surface area (Å²) < 4.78 is 10.6. The van der Waals surface area contributed by atoms with Crippen LogP contribution in [0.1, 0.15) is 44.6 Å². The van der Waals surface area contributed by atoms with Crippen LogP contribution in [0.25, 0.3) is 0 Å². The number of amides is 1. The molecule has 1 aliphatic carbocycles. The number of nitrogens with zero attached hydrogens (tertiary/aromatic N) is 3. The molecule has 2 aromatic rings. The Labute approximate surface area is 213 Å². The van der Waals surface area contributed by atoms with E-state index in [-0.39, 0.29) is 5.91 Å². The quantitative estimate of drug-likeness (QED) is 0.193. The van der Waals surface area contributed by atoms with Gasteiger partial charge in [-0.2, -0.15) is 15.0 Å². The third-order valence-electron chi connectivity index (χ3n) is 5.66. The number of nitrogens with one attached hydrogen (secondary N) is 4. The van der Waals surface area contributed by atoms with Crippen molar-refractivity contribution in [3.05, 3.63) is 29.8 Å². The maximum atomic E-state index is 12.2. The van der Waals surface area contributed by atoms with E-state index < -0.39 is 0 Å². The van der Waals surface area contributed by atoms with Crippen LogP contribution in [0.4, 0.5) is 23.5 Å². The van der Waals surface area contributed by atoms with Crippen molar-refractivity contribution in [1.82, 2.24) is 20.3 Å².